The largest absolute Gasteiger partial charge is 0.493 e. The number of nitrogens with zero attached hydrogens (tertiary/aromatic N) is 1. The molecule has 1 amide bonds. The summed E-state index contributed by atoms with van der Waals surface area (Å²) in [6.07, 6.45) is 1.43. The smallest absolute Gasteiger partial charge is 0.271 e. The quantitative estimate of drug-likeness (QED) is 0.584. The van der Waals surface area contributed by atoms with Gasteiger partial charge in [-0.1, -0.05) is 13.8 Å². The summed E-state index contributed by atoms with van der Waals surface area (Å²) < 4.78 is 15.7. The molecule has 1 aromatic rings. The number of amides is 1. The number of ether oxygens (including phenoxy) is 3. The Hall–Kier alpha value is -1.82. The van der Waals surface area contributed by atoms with Gasteiger partial charge in [0.25, 0.3) is 5.91 Å². The first kappa shape index (κ1) is 14.2. The molecule has 1 rings (SSSR count). The molecule has 0 saturated carbocycles. The Morgan fingerprint density at radius 2 is 2.22 bits per heavy atom. The lowest BCUT2D eigenvalue weighted by molar-refractivity contribution is 0.000911. The Labute approximate surface area is 106 Å². The second kappa shape index (κ2) is 6.80. The summed E-state index contributed by atoms with van der Waals surface area (Å²) in [5, 5.41) is 0. The minimum Gasteiger partial charge on any atom is -0.493 e. The van der Waals surface area contributed by atoms with Gasteiger partial charge >= 0.3 is 0 Å². The molecule has 0 aliphatic carbocycles. The summed E-state index contributed by atoms with van der Waals surface area (Å²) in [5.41, 5.74) is 5.24. The van der Waals surface area contributed by atoms with Crippen molar-refractivity contribution in [3.05, 3.63) is 18.0 Å². The molecule has 0 aliphatic rings. The molecule has 0 saturated heterocycles. The number of nitrogens with two attached hydrogens (primary N) is 1. The van der Waals surface area contributed by atoms with Crippen molar-refractivity contribution in [1.82, 2.24) is 4.98 Å². The number of hydrogen-bond acceptors (Lipinski definition) is 5. The Morgan fingerprint density at radius 3 is 2.78 bits per heavy atom. The molecular formula is C12H18N2O4. The fourth-order valence-corrected chi connectivity index (χ4v) is 1.29. The first-order valence-corrected chi connectivity index (χ1v) is 5.59. The summed E-state index contributed by atoms with van der Waals surface area (Å²) in [7, 11) is 1.47. The van der Waals surface area contributed by atoms with Crippen LogP contribution in [-0.2, 0) is 4.74 Å². The Bertz CT molecular complexity index is 407. The molecule has 2 N–H and O–H groups in total. The Balaban J connectivity index is 2.75. The van der Waals surface area contributed by atoms with Gasteiger partial charge < -0.3 is 19.9 Å². The second-order valence-electron chi connectivity index (χ2n) is 4.08. The van der Waals surface area contributed by atoms with Gasteiger partial charge in [0.2, 0.25) is 0 Å². The molecule has 1 aromatic heterocycles. The molecule has 0 radical (unpaired) electrons. The molecule has 0 spiro atoms. The number of carbonyl (C=O) groups is 1. The molecule has 18 heavy (non-hydrogen) atoms. The third-order valence-electron chi connectivity index (χ3n) is 2.06. The van der Waals surface area contributed by atoms with E-state index in [9.17, 15) is 4.79 Å². The van der Waals surface area contributed by atoms with Crippen LogP contribution in [0.25, 0.3) is 0 Å². The van der Waals surface area contributed by atoms with Crippen LogP contribution in [0, 0.1) is 5.92 Å². The van der Waals surface area contributed by atoms with Gasteiger partial charge in [-0.15, -0.1) is 0 Å². The number of pyridine rings is 1. The van der Waals surface area contributed by atoms with Crippen LogP contribution in [0.3, 0.4) is 0 Å². The van der Waals surface area contributed by atoms with E-state index in [4.69, 9.17) is 19.9 Å². The molecule has 1 heterocycles. The van der Waals surface area contributed by atoms with Crippen molar-refractivity contribution < 1.29 is 19.0 Å². The normalized spacial score (nSPS) is 10.4. The molecule has 6 heteroatoms. The molecule has 0 fully saturated rings. The first-order valence-electron chi connectivity index (χ1n) is 5.59. The van der Waals surface area contributed by atoms with Crippen LogP contribution in [0.2, 0.25) is 0 Å². The van der Waals surface area contributed by atoms with Crippen LogP contribution < -0.4 is 15.2 Å². The van der Waals surface area contributed by atoms with Gasteiger partial charge in [-0.25, -0.2) is 4.98 Å². The maximum Gasteiger partial charge on any atom is 0.271 e. The summed E-state index contributed by atoms with van der Waals surface area (Å²) in [6.45, 7) is 4.63. The van der Waals surface area contributed by atoms with Gasteiger partial charge in [-0.05, 0) is 5.92 Å². The summed E-state index contributed by atoms with van der Waals surface area (Å²) in [5.74, 6) is 0.330. The predicted molar refractivity (Wildman–Crippen MR) is 65.6 cm³/mol. The Kier molecular flexibility index (Phi) is 5.38. The maximum atomic E-state index is 11.2. The lowest BCUT2D eigenvalue weighted by Gasteiger charge is -2.13. The predicted octanol–water partition coefficient (Wildman–Crippen LogP) is 1.20. The third kappa shape index (κ3) is 3.89. The zero-order valence-corrected chi connectivity index (χ0v) is 10.8. The highest BCUT2D eigenvalue weighted by atomic mass is 16.7. The monoisotopic (exact) mass is 254 g/mol. The first-order chi connectivity index (χ1) is 8.56. The zero-order valence-electron chi connectivity index (χ0n) is 10.8. The van der Waals surface area contributed by atoms with Gasteiger partial charge in [0.15, 0.2) is 24.0 Å². The van der Waals surface area contributed by atoms with Gasteiger partial charge in [0.05, 0.1) is 13.7 Å². The number of hydrogen-bond donors (Lipinski definition) is 1. The number of carbonyl (C=O) groups excluding carboxylic acids is 1. The average Bonchev–Trinajstić information content (AvgIpc) is 2.33. The fourth-order valence-electron chi connectivity index (χ4n) is 1.29. The van der Waals surface area contributed by atoms with E-state index in [1.165, 1.54) is 13.3 Å². The number of methoxy groups -OCH3 is 1. The molecule has 0 aliphatic heterocycles. The van der Waals surface area contributed by atoms with E-state index in [1.54, 1.807) is 6.07 Å². The maximum absolute atomic E-state index is 11.2. The number of aromatic nitrogens is 1. The van der Waals surface area contributed by atoms with Crippen molar-refractivity contribution in [2.24, 2.45) is 11.7 Å². The van der Waals surface area contributed by atoms with Crippen LogP contribution in [0.15, 0.2) is 12.3 Å². The zero-order chi connectivity index (χ0) is 13.5. The van der Waals surface area contributed by atoms with E-state index in [0.717, 1.165) is 0 Å². The van der Waals surface area contributed by atoms with Crippen LogP contribution in [0.4, 0.5) is 0 Å². The summed E-state index contributed by atoms with van der Waals surface area (Å²) in [6, 6.07) is 1.59. The molecule has 6 nitrogen and oxygen atoms in total. The van der Waals surface area contributed by atoms with Crippen molar-refractivity contribution >= 4 is 5.91 Å². The van der Waals surface area contributed by atoms with Crippen molar-refractivity contribution in [3.8, 4) is 11.5 Å². The van der Waals surface area contributed by atoms with Crippen molar-refractivity contribution in [1.29, 1.82) is 0 Å². The van der Waals surface area contributed by atoms with Crippen molar-refractivity contribution in [2.75, 3.05) is 20.5 Å². The Morgan fingerprint density at radius 1 is 1.50 bits per heavy atom. The fraction of sp³-hybridized carbons (Fsp3) is 0.500. The number of primary amides is 1. The minimum absolute atomic E-state index is 0.0144. The van der Waals surface area contributed by atoms with E-state index < -0.39 is 5.91 Å². The van der Waals surface area contributed by atoms with Crippen LogP contribution in [0.1, 0.15) is 24.3 Å². The van der Waals surface area contributed by atoms with Crippen molar-refractivity contribution in [3.63, 3.8) is 0 Å². The lowest BCUT2D eigenvalue weighted by Crippen LogP contribution is -2.17. The summed E-state index contributed by atoms with van der Waals surface area (Å²) >= 11 is 0. The molecule has 0 unspecified atom stereocenters. The van der Waals surface area contributed by atoms with Gasteiger partial charge in [0.1, 0.15) is 0 Å². The molecule has 0 aromatic carbocycles. The van der Waals surface area contributed by atoms with E-state index in [0.29, 0.717) is 18.3 Å². The molecule has 100 valence electrons. The SMILES string of the molecule is COc1ccnc(C(N)=O)c1OCOCC(C)C. The van der Waals surface area contributed by atoms with Crippen LogP contribution >= 0.6 is 0 Å². The van der Waals surface area contributed by atoms with E-state index in [2.05, 4.69) is 4.98 Å². The summed E-state index contributed by atoms with van der Waals surface area (Å²) in [4.78, 5) is 15.1. The average molecular weight is 254 g/mol. The highest BCUT2D eigenvalue weighted by Crippen LogP contribution is 2.29. The van der Waals surface area contributed by atoms with E-state index in [-0.39, 0.29) is 18.2 Å². The molecule has 0 bridgehead atoms. The highest BCUT2D eigenvalue weighted by molar-refractivity contribution is 5.94. The molecular weight excluding hydrogens is 236 g/mol. The van der Waals surface area contributed by atoms with Gasteiger partial charge in [0, 0.05) is 12.3 Å². The van der Waals surface area contributed by atoms with Crippen molar-refractivity contribution in [2.45, 2.75) is 13.8 Å². The van der Waals surface area contributed by atoms with E-state index in [1.807, 2.05) is 13.8 Å². The third-order valence-corrected chi connectivity index (χ3v) is 2.06. The van der Waals surface area contributed by atoms with Gasteiger partial charge in [-0.2, -0.15) is 0 Å². The van der Waals surface area contributed by atoms with Gasteiger partial charge in [-0.3, -0.25) is 4.79 Å². The number of rotatable bonds is 7. The van der Waals surface area contributed by atoms with Crippen LogP contribution in [-0.4, -0.2) is 31.4 Å². The highest BCUT2D eigenvalue weighted by Gasteiger charge is 2.16. The lowest BCUT2D eigenvalue weighted by atomic mass is 10.2. The van der Waals surface area contributed by atoms with E-state index >= 15 is 0 Å². The standard InChI is InChI=1S/C12H18N2O4/c1-8(2)6-17-7-18-11-9(16-3)4-5-14-10(11)12(13)15/h4-5,8H,6-7H2,1-3H3,(H2,13,15). The minimum atomic E-state index is -0.673. The topological polar surface area (TPSA) is 83.7 Å². The van der Waals surface area contributed by atoms with Crippen LogP contribution in [0.5, 0.6) is 11.5 Å². The molecule has 0 atom stereocenters. The second-order valence-corrected chi connectivity index (χ2v) is 4.08.